The van der Waals surface area contributed by atoms with Crippen LogP contribution in [0.3, 0.4) is 0 Å². The minimum absolute atomic E-state index is 0.0158. The van der Waals surface area contributed by atoms with Gasteiger partial charge in [-0.2, -0.15) is 0 Å². The zero-order valence-electron chi connectivity index (χ0n) is 10.9. The summed E-state index contributed by atoms with van der Waals surface area (Å²) >= 11 is 0. The van der Waals surface area contributed by atoms with E-state index in [1.165, 1.54) is 38.5 Å². The highest BCUT2D eigenvalue weighted by Crippen LogP contribution is 2.26. The van der Waals surface area contributed by atoms with Gasteiger partial charge in [-0.25, -0.2) is 8.78 Å². The molecule has 3 nitrogen and oxygen atoms in total. The molecule has 0 saturated carbocycles. The lowest BCUT2D eigenvalue weighted by molar-refractivity contribution is 0.103. The van der Waals surface area contributed by atoms with Crippen LogP contribution in [0.2, 0.25) is 0 Å². The molecule has 5 heteroatoms. The summed E-state index contributed by atoms with van der Waals surface area (Å²) in [7, 11) is 2.65. The van der Waals surface area contributed by atoms with Crippen molar-refractivity contribution in [1.29, 1.82) is 0 Å². The zero-order valence-corrected chi connectivity index (χ0v) is 10.9. The molecule has 0 aliphatic heterocycles. The van der Waals surface area contributed by atoms with Crippen molar-refractivity contribution < 1.29 is 23.0 Å². The van der Waals surface area contributed by atoms with Crippen molar-refractivity contribution in [3.8, 4) is 11.5 Å². The Morgan fingerprint density at radius 1 is 0.950 bits per heavy atom. The average molecular weight is 278 g/mol. The maximum absolute atomic E-state index is 13.8. The highest BCUT2D eigenvalue weighted by Gasteiger charge is 2.20. The SMILES string of the molecule is COc1ccc(C(=O)c2c(F)cccc2OC)cc1F. The van der Waals surface area contributed by atoms with Crippen LogP contribution in [0.4, 0.5) is 8.78 Å². The monoisotopic (exact) mass is 278 g/mol. The van der Waals surface area contributed by atoms with Crippen LogP contribution in [0.5, 0.6) is 11.5 Å². The normalized spacial score (nSPS) is 10.2. The van der Waals surface area contributed by atoms with Crippen molar-refractivity contribution in [2.24, 2.45) is 0 Å². The molecule has 0 spiro atoms. The van der Waals surface area contributed by atoms with Crippen LogP contribution in [0, 0.1) is 11.6 Å². The predicted molar refractivity (Wildman–Crippen MR) is 69.3 cm³/mol. The predicted octanol–water partition coefficient (Wildman–Crippen LogP) is 3.21. The van der Waals surface area contributed by atoms with E-state index in [1.54, 1.807) is 0 Å². The molecule has 0 amide bonds. The molecule has 20 heavy (non-hydrogen) atoms. The minimum Gasteiger partial charge on any atom is -0.496 e. The Labute approximate surface area is 114 Å². The van der Waals surface area contributed by atoms with Crippen molar-refractivity contribution in [3.63, 3.8) is 0 Å². The zero-order chi connectivity index (χ0) is 14.7. The Kier molecular flexibility index (Phi) is 3.98. The number of hydrogen-bond acceptors (Lipinski definition) is 3. The Morgan fingerprint density at radius 2 is 1.65 bits per heavy atom. The third-order valence-corrected chi connectivity index (χ3v) is 2.84. The molecule has 2 aromatic rings. The molecular formula is C15H12F2O3. The van der Waals surface area contributed by atoms with Crippen LogP contribution in [-0.4, -0.2) is 20.0 Å². The highest BCUT2D eigenvalue weighted by atomic mass is 19.1. The first-order chi connectivity index (χ1) is 9.58. The average Bonchev–Trinajstić information content (AvgIpc) is 2.46. The summed E-state index contributed by atoms with van der Waals surface area (Å²) in [5.41, 5.74) is -0.203. The Balaban J connectivity index is 2.49. The molecule has 104 valence electrons. The van der Waals surface area contributed by atoms with E-state index >= 15 is 0 Å². The molecule has 2 aromatic carbocycles. The highest BCUT2D eigenvalue weighted by molar-refractivity contribution is 6.11. The van der Waals surface area contributed by atoms with Gasteiger partial charge in [0.05, 0.1) is 14.2 Å². The maximum atomic E-state index is 13.8. The second kappa shape index (κ2) is 5.69. The summed E-state index contributed by atoms with van der Waals surface area (Å²) in [5, 5.41) is 0. The van der Waals surface area contributed by atoms with Gasteiger partial charge in [0.15, 0.2) is 17.3 Å². The van der Waals surface area contributed by atoms with Crippen LogP contribution in [-0.2, 0) is 0 Å². The van der Waals surface area contributed by atoms with E-state index < -0.39 is 17.4 Å². The second-order valence-corrected chi connectivity index (χ2v) is 4.00. The Hall–Kier alpha value is -2.43. The summed E-state index contributed by atoms with van der Waals surface area (Å²) < 4.78 is 37.1. The summed E-state index contributed by atoms with van der Waals surface area (Å²) in [4.78, 5) is 12.3. The van der Waals surface area contributed by atoms with Gasteiger partial charge in [-0.05, 0) is 30.3 Å². The van der Waals surface area contributed by atoms with E-state index in [9.17, 15) is 13.6 Å². The van der Waals surface area contributed by atoms with Crippen molar-refractivity contribution in [2.75, 3.05) is 14.2 Å². The Bertz CT molecular complexity index is 654. The van der Waals surface area contributed by atoms with Crippen LogP contribution in [0.25, 0.3) is 0 Å². The molecule has 0 aromatic heterocycles. The van der Waals surface area contributed by atoms with Crippen molar-refractivity contribution in [1.82, 2.24) is 0 Å². The first-order valence-electron chi connectivity index (χ1n) is 5.79. The minimum atomic E-state index is -0.717. The van der Waals surface area contributed by atoms with Gasteiger partial charge >= 0.3 is 0 Å². The van der Waals surface area contributed by atoms with Crippen molar-refractivity contribution in [2.45, 2.75) is 0 Å². The smallest absolute Gasteiger partial charge is 0.199 e. The van der Waals surface area contributed by atoms with E-state index in [-0.39, 0.29) is 22.6 Å². The van der Waals surface area contributed by atoms with Crippen LogP contribution < -0.4 is 9.47 Å². The standard InChI is InChI=1S/C15H12F2O3/c1-19-12-7-6-9(8-11(12)17)15(18)14-10(16)4-3-5-13(14)20-2/h3-8H,1-2H3. The molecule has 0 aliphatic rings. The number of methoxy groups -OCH3 is 2. The van der Waals surface area contributed by atoms with Gasteiger partial charge in [-0.15, -0.1) is 0 Å². The van der Waals surface area contributed by atoms with Gasteiger partial charge in [-0.1, -0.05) is 6.07 Å². The summed E-state index contributed by atoms with van der Waals surface area (Å²) in [5.74, 6) is -1.94. The van der Waals surface area contributed by atoms with Gasteiger partial charge in [0.2, 0.25) is 0 Å². The fourth-order valence-corrected chi connectivity index (χ4v) is 1.85. The molecule has 0 unspecified atom stereocenters. The van der Waals surface area contributed by atoms with Crippen LogP contribution in [0.1, 0.15) is 15.9 Å². The number of rotatable bonds is 4. The quantitative estimate of drug-likeness (QED) is 0.806. The van der Waals surface area contributed by atoms with E-state index in [2.05, 4.69) is 0 Å². The number of hydrogen-bond donors (Lipinski definition) is 0. The topological polar surface area (TPSA) is 35.5 Å². The molecule has 0 aliphatic carbocycles. The van der Waals surface area contributed by atoms with Crippen molar-refractivity contribution >= 4 is 5.78 Å². The number of carbonyl (C=O) groups excluding carboxylic acids is 1. The second-order valence-electron chi connectivity index (χ2n) is 4.00. The van der Waals surface area contributed by atoms with Gasteiger partial charge in [-0.3, -0.25) is 4.79 Å². The molecule has 0 heterocycles. The van der Waals surface area contributed by atoms with Gasteiger partial charge < -0.3 is 9.47 Å². The first-order valence-corrected chi connectivity index (χ1v) is 5.79. The number of ether oxygens (including phenoxy) is 2. The largest absolute Gasteiger partial charge is 0.496 e. The molecule has 0 N–H and O–H groups in total. The third kappa shape index (κ3) is 2.47. The van der Waals surface area contributed by atoms with Gasteiger partial charge in [0, 0.05) is 5.56 Å². The molecular weight excluding hydrogens is 266 g/mol. The number of benzene rings is 2. The van der Waals surface area contributed by atoms with E-state index in [0.717, 1.165) is 12.1 Å². The third-order valence-electron chi connectivity index (χ3n) is 2.84. The van der Waals surface area contributed by atoms with Crippen molar-refractivity contribution in [3.05, 3.63) is 59.2 Å². The fraction of sp³-hybridized carbons (Fsp3) is 0.133. The lowest BCUT2D eigenvalue weighted by Crippen LogP contribution is -2.07. The summed E-state index contributed by atoms with van der Waals surface area (Å²) in [6.07, 6.45) is 0. The molecule has 0 saturated heterocycles. The Morgan fingerprint density at radius 3 is 2.25 bits per heavy atom. The fourth-order valence-electron chi connectivity index (χ4n) is 1.85. The number of ketones is 1. The first kappa shape index (κ1) is 14.0. The number of halogens is 2. The molecule has 2 rings (SSSR count). The van der Waals surface area contributed by atoms with E-state index in [1.807, 2.05) is 0 Å². The maximum Gasteiger partial charge on any atom is 0.199 e. The van der Waals surface area contributed by atoms with Gasteiger partial charge in [0.1, 0.15) is 17.1 Å². The lowest BCUT2D eigenvalue weighted by Gasteiger charge is -2.09. The number of carbonyl (C=O) groups is 1. The van der Waals surface area contributed by atoms with Gasteiger partial charge in [0.25, 0.3) is 0 Å². The van der Waals surface area contributed by atoms with E-state index in [4.69, 9.17) is 9.47 Å². The van der Waals surface area contributed by atoms with Crippen LogP contribution in [0.15, 0.2) is 36.4 Å². The molecule has 0 bridgehead atoms. The van der Waals surface area contributed by atoms with E-state index in [0.29, 0.717) is 0 Å². The molecule has 0 radical (unpaired) electrons. The molecule has 0 fully saturated rings. The summed E-state index contributed by atoms with van der Waals surface area (Å²) in [6, 6.07) is 7.74. The summed E-state index contributed by atoms with van der Waals surface area (Å²) in [6.45, 7) is 0. The molecule has 0 atom stereocenters. The van der Waals surface area contributed by atoms with Crippen LogP contribution >= 0.6 is 0 Å². The lowest BCUT2D eigenvalue weighted by atomic mass is 10.0.